The zero-order valence-electron chi connectivity index (χ0n) is 10.8. The molecule has 1 N–H and O–H groups in total. The molecule has 0 heterocycles. The van der Waals surface area contributed by atoms with Crippen LogP contribution < -0.4 is 10.1 Å². The lowest BCUT2D eigenvalue weighted by Crippen LogP contribution is -2.11. The van der Waals surface area contributed by atoms with Crippen LogP contribution in [0.3, 0.4) is 0 Å². The Morgan fingerprint density at radius 2 is 2.18 bits per heavy atom. The van der Waals surface area contributed by atoms with Crippen molar-refractivity contribution in [3.63, 3.8) is 0 Å². The van der Waals surface area contributed by atoms with Crippen molar-refractivity contribution in [1.29, 1.82) is 5.26 Å². The van der Waals surface area contributed by atoms with E-state index in [2.05, 4.69) is 17.5 Å². The van der Waals surface area contributed by atoms with Gasteiger partial charge in [-0.1, -0.05) is 6.92 Å². The molecule has 1 atom stereocenters. The third-order valence-electron chi connectivity index (χ3n) is 2.70. The minimum absolute atomic E-state index is 0.0712. The van der Waals surface area contributed by atoms with Crippen LogP contribution in [0, 0.1) is 24.2 Å². The van der Waals surface area contributed by atoms with Crippen molar-refractivity contribution in [2.75, 3.05) is 18.5 Å². The number of hydrogen-bond acceptors (Lipinski definition) is 3. The van der Waals surface area contributed by atoms with Crippen LogP contribution in [-0.4, -0.2) is 13.2 Å². The van der Waals surface area contributed by atoms with Gasteiger partial charge in [-0.25, -0.2) is 0 Å². The van der Waals surface area contributed by atoms with Gasteiger partial charge >= 0.3 is 0 Å². The Bertz CT molecular complexity index is 396. The summed E-state index contributed by atoms with van der Waals surface area (Å²) in [7, 11) is 0. The van der Waals surface area contributed by atoms with Gasteiger partial charge < -0.3 is 10.1 Å². The maximum Gasteiger partial charge on any atom is 0.122 e. The highest BCUT2D eigenvalue weighted by molar-refractivity contribution is 5.50. The second-order valence-electron chi connectivity index (χ2n) is 4.03. The number of aryl methyl sites for hydroxylation is 1. The minimum Gasteiger partial charge on any atom is -0.494 e. The zero-order valence-corrected chi connectivity index (χ0v) is 10.8. The fourth-order valence-electron chi connectivity index (χ4n) is 1.60. The van der Waals surface area contributed by atoms with Crippen LogP contribution in [0.4, 0.5) is 5.69 Å². The Morgan fingerprint density at radius 3 is 2.71 bits per heavy atom. The molecule has 92 valence electrons. The van der Waals surface area contributed by atoms with Gasteiger partial charge in [-0.2, -0.15) is 5.26 Å². The van der Waals surface area contributed by atoms with Crippen molar-refractivity contribution in [3.05, 3.63) is 23.8 Å². The first-order valence-corrected chi connectivity index (χ1v) is 6.08. The summed E-state index contributed by atoms with van der Waals surface area (Å²) in [6.07, 6.45) is 0.875. The van der Waals surface area contributed by atoms with Gasteiger partial charge in [-0.3, -0.25) is 0 Å². The van der Waals surface area contributed by atoms with Crippen LogP contribution in [0.1, 0.15) is 25.8 Å². The lowest BCUT2D eigenvalue weighted by atomic mass is 10.1. The van der Waals surface area contributed by atoms with Crippen LogP contribution in [0.25, 0.3) is 0 Å². The average molecular weight is 232 g/mol. The Balaban J connectivity index is 2.61. The van der Waals surface area contributed by atoms with E-state index in [1.54, 1.807) is 0 Å². The maximum absolute atomic E-state index is 8.86. The molecule has 0 saturated carbocycles. The van der Waals surface area contributed by atoms with Crippen molar-refractivity contribution in [1.82, 2.24) is 0 Å². The van der Waals surface area contributed by atoms with Gasteiger partial charge in [0.2, 0.25) is 0 Å². The molecule has 0 fully saturated rings. The lowest BCUT2D eigenvalue weighted by Gasteiger charge is -2.12. The number of nitrogens with one attached hydrogen (secondary N) is 1. The fraction of sp³-hybridized carbons (Fsp3) is 0.500. The first kappa shape index (κ1) is 13.4. The molecular weight excluding hydrogens is 212 g/mol. The third kappa shape index (κ3) is 3.99. The quantitative estimate of drug-likeness (QED) is 0.818. The Hall–Kier alpha value is -1.69. The summed E-state index contributed by atoms with van der Waals surface area (Å²) in [5.74, 6) is 0.993. The van der Waals surface area contributed by atoms with E-state index in [-0.39, 0.29) is 5.92 Å². The van der Waals surface area contributed by atoms with E-state index >= 15 is 0 Å². The molecule has 0 aromatic heterocycles. The van der Waals surface area contributed by atoms with E-state index in [1.807, 2.05) is 32.9 Å². The summed E-state index contributed by atoms with van der Waals surface area (Å²) < 4.78 is 5.48. The van der Waals surface area contributed by atoms with Crippen LogP contribution in [0.5, 0.6) is 5.75 Å². The maximum atomic E-state index is 8.86. The third-order valence-corrected chi connectivity index (χ3v) is 2.70. The van der Waals surface area contributed by atoms with Crippen LogP contribution in [0.15, 0.2) is 18.2 Å². The highest BCUT2D eigenvalue weighted by Crippen LogP contribution is 2.22. The predicted molar refractivity (Wildman–Crippen MR) is 70.2 cm³/mol. The molecule has 1 unspecified atom stereocenters. The molecule has 0 bridgehead atoms. The molecule has 0 spiro atoms. The van der Waals surface area contributed by atoms with Gasteiger partial charge in [0.1, 0.15) is 5.75 Å². The summed E-state index contributed by atoms with van der Waals surface area (Å²) >= 11 is 0. The van der Waals surface area contributed by atoms with E-state index in [0.29, 0.717) is 13.2 Å². The molecule has 3 nitrogen and oxygen atoms in total. The van der Waals surface area contributed by atoms with Crippen molar-refractivity contribution >= 4 is 5.69 Å². The number of hydrogen-bond donors (Lipinski definition) is 1. The van der Waals surface area contributed by atoms with Crippen LogP contribution in [0.2, 0.25) is 0 Å². The predicted octanol–water partition coefficient (Wildman–Crippen LogP) is 3.36. The smallest absolute Gasteiger partial charge is 0.122 e. The summed E-state index contributed by atoms with van der Waals surface area (Å²) in [5, 5.41) is 12.1. The summed E-state index contributed by atoms with van der Waals surface area (Å²) in [6.45, 7) is 7.40. The molecule has 1 aromatic rings. The van der Waals surface area contributed by atoms with Crippen molar-refractivity contribution < 1.29 is 4.74 Å². The number of benzene rings is 1. The molecule has 0 saturated heterocycles. The fourth-order valence-corrected chi connectivity index (χ4v) is 1.60. The van der Waals surface area contributed by atoms with E-state index in [4.69, 9.17) is 10.00 Å². The summed E-state index contributed by atoms with van der Waals surface area (Å²) in [4.78, 5) is 0. The molecular formula is C14H20N2O. The highest BCUT2D eigenvalue weighted by atomic mass is 16.5. The number of nitrogens with zero attached hydrogens (tertiary/aromatic N) is 1. The molecule has 1 rings (SSSR count). The SMILES string of the molecule is CCOc1ccc(NCC(C#N)CC)cc1C. The van der Waals surface area contributed by atoms with Gasteiger partial charge in [-0.05, 0) is 44.0 Å². The molecule has 0 radical (unpaired) electrons. The number of nitriles is 1. The number of anilines is 1. The molecule has 0 aliphatic carbocycles. The van der Waals surface area contributed by atoms with Crippen LogP contribution in [-0.2, 0) is 0 Å². The number of rotatable bonds is 6. The molecule has 3 heteroatoms. The molecule has 1 aromatic carbocycles. The monoisotopic (exact) mass is 232 g/mol. The minimum atomic E-state index is 0.0712. The average Bonchev–Trinajstić information content (AvgIpc) is 2.34. The van der Waals surface area contributed by atoms with E-state index in [9.17, 15) is 0 Å². The van der Waals surface area contributed by atoms with E-state index < -0.39 is 0 Å². The highest BCUT2D eigenvalue weighted by Gasteiger charge is 2.05. The largest absolute Gasteiger partial charge is 0.494 e. The first-order valence-electron chi connectivity index (χ1n) is 6.08. The topological polar surface area (TPSA) is 45.0 Å². The van der Waals surface area contributed by atoms with E-state index in [1.165, 1.54) is 0 Å². The standard InChI is InChI=1S/C14H20N2O/c1-4-12(9-15)10-16-13-6-7-14(17-5-2)11(3)8-13/h6-8,12,16H,4-5,10H2,1-3H3. The second-order valence-corrected chi connectivity index (χ2v) is 4.03. The zero-order chi connectivity index (χ0) is 12.7. The molecule has 0 amide bonds. The summed E-state index contributed by atoms with van der Waals surface area (Å²) in [5.41, 5.74) is 2.15. The van der Waals surface area contributed by atoms with Crippen molar-refractivity contribution in [3.8, 4) is 11.8 Å². The van der Waals surface area contributed by atoms with Gasteiger partial charge in [0.15, 0.2) is 0 Å². The van der Waals surface area contributed by atoms with Gasteiger partial charge in [0.25, 0.3) is 0 Å². The van der Waals surface area contributed by atoms with Crippen molar-refractivity contribution in [2.45, 2.75) is 27.2 Å². The van der Waals surface area contributed by atoms with Crippen LogP contribution >= 0.6 is 0 Å². The Labute approximate surface area is 103 Å². The number of ether oxygens (including phenoxy) is 1. The Kier molecular flexibility index (Phi) is 5.35. The lowest BCUT2D eigenvalue weighted by molar-refractivity contribution is 0.338. The van der Waals surface area contributed by atoms with Crippen molar-refractivity contribution in [2.24, 2.45) is 5.92 Å². The normalized spacial score (nSPS) is 11.6. The first-order chi connectivity index (χ1) is 8.21. The van der Waals surface area contributed by atoms with Gasteiger partial charge in [-0.15, -0.1) is 0 Å². The Morgan fingerprint density at radius 1 is 1.41 bits per heavy atom. The van der Waals surface area contributed by atoms with Gasteiger partial charge in [0.05, 0.1) is 18.6 Å². The van der Waals surface area contributed by atoms with E-state index in [0.717, 1.165) is 23.4 Å². The second kappa shape index (κ2) is 6.80. The molecule has 0 aliphatic heterocycles. The van der Waals surface area contributed by atoms with Gasteiger partial charge in [0, 0.05) is 12.2 Å². The molecule has 17 heavy (non-hydrogen) atoms. The molecule has 0 aliphatic rings. The summed E-state index contributed by atoms with van der Waals surface area (Å²) in [6, 6.07) is 8.29.